The molecule has 6 heteroatoms. The fourth-order valence-corrected chi connectivity index (χ4v) is 2.86. The number of nitrogens with one attached hydrogen (secondary N) is 1. The van der Waals surface area contributed by atoms with Crippen molar-refractivity contribution in [2.24, 2.45) is 5.92 Å². The van der Waals surface area contributed by atoms with Crippen molar-refractivity contribution in [2.45, 2.75) is 19.8 Å². The number of nitrogens with zero attached hydrogens (tertiary/aromatic N) is 4. The largest absolute Gasteiger partial charge is 0.378 e. The van der Waals surface area contributed by atoms with Crippen LogP contribution in [0.5, 0.6) is 0 Å². The number of hydrogen-bond acceptors (Lipinski definition) is 5. The molecule has 1 aliphatic heterocycles. The Labute approximate surface area is 148 Å². The standard InChI is InChI=1S/C19H25N5O/c1-14-8-10-24(11-9-14)19-20-12-15(13-21-19)18(25)22-16-4-6-17(7-5-16)23(2)3/h4-7,12-14H,8-11H2,1-3H3,(H,22,25). The Morgan fingerprint density at radius 2 is 1.72 bits per heavy atom. The minimum absolute atomic E-state index is 0.198. The molecule has 1 aliphatic rings. The van der Waals surface area contributed by atoms with Crippen LogP contribution >= 0.6 is 0 Å². The molecular formula is C19H25N5O. The monoisotopic (exact) mass is 339 g/mol. The first kappa shape index (κ1) is 17.2. The Morgan fingerprint density at radius 1 is 1.12 bits per heavy atom. The molecule has 132 valence electrons. The lowest BCUT2D eigenvalue weighted by Gasteiger charge is -2.30. The lowest BCUT2D eigenvalue weighted by atomic mass is 10.00. The first-order valence-electron chi connectivity index (χ1n) is 8.68. The van der Waals surface area contributed by atoms with Gasteiger partial charge in [0, 0.05) is 51.0 Å². The van der Waals surface area contributed by atoms with Gasteiger partial charge in [-0.05, 0) is 43.0 Å². The number of rotatable bonds is 4. The van der Waals surface area contributed by atoms with Crippen molar-refractivity contribution in [2.75, 3.05) is 42.3 Å². The summed E-state index contributed by atoms with van der Waals surface area (Å²) in [5.41, 5.74) is 2.30. The van der Waals surface area contributed by atoms with Crippen LogP contribution in [0.3, 0.4) is 0 Å². The van der Waals surface area contributed by atoms with Gasteiger partial charge in [0.2, 0.25) is 5.95 Å². The predicted molar refractivity (Wildman–Crippen MR) is 101 cm³/mol. The summed E-state index contributed by atoms with van der Waals surface area (Å²) in [5, 5.41) is 2.88. The maximum Gasteiger partial charge on any atom is 0.258 e. The quantitative estimate of drug-likeness (QED) is 0.928. The molecule has 0 radical (unpaired) electrons. The van der Waals surface area contributed by atoms with E-state index in [4.69, 9.17) is 0 Å². The topological polar surface area (TPSA) is 61.4 Å². The van der Waals surface area contributed by atoms with Gasteiger partial charge in [-0.15, -0.1) is 0 Å². The van der Waals surface area contributed by atoms with Crippen LogP contribution in [-0.2, 0) is 0 Å². The SMILES string of the molecule is CC1CCN(c2ncc(C(=O)Nc3ccc(N(C)C)cc3)cn2)CC1. The molecule has 1 aromatic carbocycles. The van der Waals surface area contributed by atoms with E-state index in [1.807, 2.05) is 43.3 Å². The number of anilines is 3. The summed E-state index contributed by atoms with van der Waals surface area (Å²) in [6.45, 7) is 4.23. The lowest BCUT2D eigenvalue weighted by molar-refractivity contribution is 0.102. The molecule has 0 atom stereocenters. The molecule has 0 aliphatic carbocycles. The molecule has 25 heavy (non-hydrogen) atoms. The van der Waals surface area contributed by atoms with Crippen LogP contribution in [0.25, 0.3) is 0 Å². The normalized spacial score (nSPS) is 15.1. The van der Waals surface area contributed by atoms with Crippen LogP contribution < -0.4 is 15.1 Å². The molecule has 0 bridgehead atoms. The lowest BCUT2D eigenvalue weighted by Crippen LogP contribution is -2.34. The molecule has 1 fully saturated rings. The zero-order valence-electron chi connectivity index (χ0n) is 15.1. The summed E-state index contributed by atoms with van der Waals surface area (Å²) in [6.07, 6.45) is 5.52. The molecule has 1 N–H and O–H groups in total. The zero-order chi connectivity index (χ0) is 17.8. The maximum absolute atomic E-state index is 12.3. The van der Waals surface area contributed by atoms with E-state index in [0.29, 0.717) is 11.5 Å². The van der Waals surface area contributed by atoms with Gasteiger partial charge >= 0.3 is 0 Å². The number of amides is 1. The number of piperidine rings is 1. The fourth-order valence-electron chi connectivity index (χ4n) is 2.86. The third kappa shape index (κ3) is 4.26. The van der Waals surface area contributed by atoms with Crippen molar-refractivity contribution in [1.29, 1.82) is 0 Å². The first-order valence-corrected chi connectivity index (χ1v) is 8.68. The van der Waals surface area contributed by atoms with E-state index in [2.05, 4.69) is 27.1 Å². The maximum atomic E-state index is 12.3. The van der Waals surface area contributed by atoms with E-state index < -0.39 is 0 Å². The number of aromatic nitrogens is 2. The zero-order valence-corrected chi connectivity index (χ0v) is 15.1. The summed E-state index contributed by atoms with van der Waals surface area (Å²) in [5.74, 6) is 1.27. The van der Waals surface area contributed by atoms with Crippen molar-refractivity contribution in [1.82, 2.24) is 9.97 Å². The van der Waals surface area contributed by atoms with E-state index in [-0.39, 0.29) is 5.91 Å². The average molecular weight is 339 g/mol. The molecule has 6 nitrogen and oxygen atoms in total. The second-order valence-electron chi connectivity index (χ2n) is 6.84. The highest BCUT2D eigenvalue weighted by Gasteiger charge is 2.18. The Bertz CT molecular complexity index is 704. The van der Waals surface area contributed by atoms with Gasteiger partial charge in [0.1, 0.15) is 0 Å². The second kappa shape index (κ2) is 7.51. The molecule has 1 amide bonds. The summed E-state index contributed by atoms with van der Waals surface area (Å²) >= 11 is 0. The molecule has 0 spiro atoms. The third-order valence-corrected chi connectivity index (χ3v) is 4.61. The highest BCUT2D eigenvalue weighted by atomic mass is 16.1. The summed E-state index contributed by atoms with van der Waals surface area (Å²) < 4.78 is 0. The minimum atomic E-state index is -0.198. The Kier molecular flexibility index (Phi) is 5.16. The summed E-state index contributed by atoms with van der Waals surface area (Å²) in [6, 6.07) is 7.70. The number of benzene rings is 1. The van der Waals surface area contributed by atoms with E-state index in [1.54, 1.807) is 12.4 Å². The molecule has 3 rings (SSSR count). The van der Waals surface area contributed by atoms with Crippen LogP contribution in [0.1, 0.15) is 30.1 Å². The van der Waals surface area contributed by atoms with Gasteiger partial charge in [-0.1, -0.05) is 6.92 Å². The predicted octanol–water partition coefficient (Wildman–Crippen LogP) is 3.03. The van der Waals surface area contributed by atoms with Crippen molar-refractivity contribution in [3.05, 3.63) is 42.2 Å². The summed E-state index contributed by atoms with van der Waals surface area (Å²) in [7, 11) is 3.96. The van der Waals surface area contributed by atoms with E-state index in [1.165, 1.54) is 0 Å². The number of carbonyl (C=O) groups is 1. The number of hydrogen-bond donors (Lipinski definition) is 1. The molecule has 1 saturated heterocycles. The Hall–Kier alpha value is -2.63. The van der Waals surface area contributed by atoms with Gasteiger partial charge in [0.05, 0.1) is 5.56 Å². The Balaban J connectivity index is 1.62. The van der Waals surface area contributed by atoms with Crippen molar-refractivity contribution < 1.29 is 4.79 Å². The highest BCUT2D eigenvalue weighted by molar-refractivity contribution is 6.03. The molecule has 0 saturated carbocycles. The van der Waals surface area contributed by atoms with Crippen LogP contribution in [0.4, 0.5) is 17.3 Å². The van der Waals surface area contributed by atoms with Gasteiger partial charge in [-0.2, -0.15) is 0 Å². The smallest absolute Gasteiger partial charge is 0.258 e. The van der Waals surface area contributed by atoms with E-state index in [9.17, 15) is 4.79 Å². The third-order valence-electron chi connectivity index (χ3n) is 4.61. The minimum Gasteiger partial charge on any atom is -0.378 e. The van der Waals surface area contributed by atoms with E-state index >= 15 is 0 Å². The van der Waals surface area contributed by atoms with E-state index in [0.717, 1.165) is 43.2 Å². The van der Waals surface area contributed by atoms with Crippen molar-refractivity contribution in [3.63, 3.8) is 0 Å². The average Bonchev–Trinajstić information content (AvgIpc) is 2.63. The molecule has 2 heterocycles. The van der Waals surface area contributed by atoms with Crippen molar-refractivity contribution >= 4 is 23.2 Å². The van der Waals surface area contributed by atoms with Gasteiger partial charge in [-0.25, -0.2) is 9.97 Å². The van der Waals surface area contributed by atoms with Gasteiger partial charge in [0.25, 0.3) is 5.91 Å². The van der Waals surface area contributed by atoms with Crippen molar-refractivity contribution in [3.8, 4) is 0 Å². The van der Waals surface area contributed by atoms with Crippen LogP contribution in [-0.4, -0.2) is 43.1 Å². The Morgan fingerprint density at radius 3 is 2.28 bits per heavy atom. The van der Waals surface area contributed by atoms with Crippen LogP contribution in [0.2, 0.25) is 0 Å². The number of carbonyl (C=O) groups excluding carboxylic acids is 1. The summed E-state index contributed by atoms with van der Waals surface area (Å²) in [4.78, 5) is 25.3. The molecule has 1 aromatic heterocycles. The van der Waals surface area contributed by atoms with Gasteiger partial charge in [-0.3, -0.25) is 4.79 Å². The fraction of sp³-hybridized carbons (Fsp3) is 0.421. The van der Waals surface area contributed by atoms with Gasteiger partial charge in [0.15, 0.2) is 0 Å². The molecule has 2 aromatic rings. The van der Waals surface area contributed by atoms with Crippen LogP contribution in [0.15, 0.2) is 36.7 Å². The molecule has 0 unspecified atom stereocenters. The second-order valence-corrected chi connectivity index (χ2v) is 6.84. The van der Waals surface area contributed by atoms with Gasteiger partial charge < -0.3 is 15.1 Å². The highest BCUT2D eigenvalue weighted by Crippen LogP contribution is 2.20. The van der Waals surface area contributed by atoms with Crippen LogP contribution in [0, 0.1) is 5.92 Å². The first-order chi connectivity index (χ1) is 12.0. The molecular weight excluding hydrogens is 314 g/mol.